The first-order chi connectivity index (χ1) is 20.0. The van der Waals surface area contributed by atoms with Gasteiger partial charge in [-0.1, -0.05) is 42.5 Å². The number of amides is 2. The number of fused-ring (bicyclic) bond motifs is 2. The van der Waals surface area contributed by atoms with E-state index < -0.39 is 43.6 Å². The summed E-state index contributed by atoms with van der Waals surface area (Å²) in [6.07, 6.45) is 1.03. The van der Waals surface area contributed by atoms with E-state index in [-0.39, 0.29) is 19.1 Å². The molecule has 0 unspecified atom stereocenters. The summed E-state index contributed by atoms with van der Waals surface area (Å²) < 4.78 is 24.5. The van der Waals surface area contributed by atoms with E-state index in [1.54, 1.807) is 41.0 Å². The zero-order valence-electron chi connectivity index (χ0n) is 24.3. The van der Waals surface area contributed by atoms with Crippen molar-refractivity contribution in [3.05, 3.63) is 71.5 Å². The molecular formula is C30H38FN5O5Si. The van der Waals surface area contributed by atoms with Crippen LogP contribution in [0, 0.1) is 5.92 Å². The number of benzene rings is 2. The number of carbonyl (C=O) groups is 2. The molecule has 0 radical (unpaired) electrons. The summed E-state index contributed by atoms with van der Waals surface area (Å²) in [4.78, 5) is 28.0. The molecule has 0 saturated carbocycles. The number of nitrogens with one attached hydrogen (secondary N) is 1. The number of ether oxygens (including phenoxy) is 1. The fourth-order valence-electron chi connectivity index (χ4n) is 6.49. The molecule has 3 aromatic rings. The molecule has 3 N–H and O–H groups in total. The molecular weight excluding hydrogens is 557 g/mol. The fourth-order valence-corrected chi connectivity index (χ4v) is 9.03. The van der Waals surface area contributed by atoms with Crippen LogP contribution in [0.4, 0.5) is 15.5 Å². The first-order valence-corrected chi connectivity index (χ1v) is 17.3. The Balaban J connectivity index is 1.42. The Labute approximate surface area is 245 Å². The lowest BCUT2D eigenvalue weighted by Gasteiger charge is -2.31. The van der Waals surface area contributed by atoms with Crippen LogP contribution in [0.25, 0.3) is 0 Å². The van der Waals surface area contributed by atoms with Crippen molar-refractivity contribution in [2.24, 2.45) is 5.92 Å². The predicted octanol–water partition coefficient (Wildman–Crippen LogP) is 3.54. The van der Waals surface area contributed by atoms with Gasteiger partial charge in [0.05, 0.1) is 24.0 Å². The highest BCUT2D eigenvalue weighted by Crippen LogP contribution is 2.60. The van der Waals surface area contributed by atoms with Gasteiger partial charge >= 0.3 is 0 Å². The number of aliphatic hydroxyl groups excluding tert-OH is 2. The molecule has 1 fully saturated rings. The molecule has 42 heavy (non-hydrogen) atoms. The van der Waals surface area contributed by atoms with Crippen molar-refractivity contribution < 1.29 is 28.6 Å². The summed E-state index contributed by atoms with van der Waals surface area (Å²) in [6.45, 7) is 7.40. The van der Waals surface area contributed by atoms with Crippen molar-refractivity contribution in [3.8, 4) is 0 Å². The van der Waals surface area contributed by atoms with Crippen LogP contribution < -0.4 is 10.2 Å². The highest BCUT2D eigenvalue weighted by Gasteiger charge is 2.66. The Morgan fingerprint density at radius 1 is 1.21 bits per heavy atom. The van der Waals surface area contributed by atoms with Gasteiger partial charge in [0.25, 0.3) is 11.8 Å². The molecule has 10 nitrogen and oxygen atoms in total. The largest absolute Gasteiger partial charge is 0.396 e. The molecule has 224 valence electrons. The molecule has 1 aromatic heterocycles. The third-order valence-electron chi connectivity index (χ3n) is 8.41. The number of halogens is 1. The van der Waals surface area contributed by atoms with Gasteiger partial charge in [0.2, 0.25) is 8.41 Å². The van der Waals surface area contributed by atoms with Crippen LogP contribution in [-0.2, 0) is 39.4 Å². The summed E-state index contributed by atoms with van der Waals surface area (Å²) in [5, 5.41) is 29.5. The Bertz CT molecular complexity index is 1440. The standard InChI is InChI=1S/C30H38FN5O5Si/c1-19-27(42(3,4)31)26(13-15-35-18-23(14-16-37)33-34-35)41-30(19)24-7-5-6-8-25(24)36(29(30)40)17-21-9-11-22(12-10-21)32-28(39)20(2)38/h5-12,18-20,26-27,37-38H,13-17H2,1-4H3,(H,32,39)/t19-,20-,26+,27-,30+/m0/s1. The SMILES string of the molecule is C[C@H](O)C(=O)Nc1ccc(CN2C(=O)[C@]3(O[C@H](CCn4cc(CCO)nn4)[C@@H]([Si](C)(C)F)[C@@H]3C)c3ccccc32)cc1. The van der Waals surface area contributed by atoms with Crippen LogP contribution in [0.2, 0.25) is 18.6 Å². The molecule has 5 atom stereocenters. The molecule has 1 spiro atoms. The number of aryl methyl sites for hydroxylation is 1. The molecule has 2 aliphatic heterocycles. The Morgan fingerprint density at radius 2 is 1.93 bits per heavy atom. The van der Waals surface area contributed by atoms with Crippen LogP contribution >= 0.6 is 0 Å². The molecule has 3 heterocycles. The second-order valence-electron chi connectivity index (χ2n) is 11.8. The number of rotatable bonds is 10. The average Bonchev–Trinajstić information content (AvgIpc) is 3.59. The maximum absolute atomic E-state index is 16.0. The van der Waals surface area contributed by atoms with Gasteiger partial charge in [-0.15, -0.1) is 5.10 Å². The first kappa shape index (κ1) is 30.0. The van der Waals surface area contributed by atoms with Crippen molar-refractivity contribution in [2.45, 2.75) is 76.2 Å². The lowest BCUT2D eigenvalue weighted by molar-refractivity contribution is -0.146. The maximum atomic E-state index is 16.0. The Kier molecular flexibility index (Phi) is 8.34. The van der Waals surface area contributed by atoms with Crippen molar-refractivity contribution >= 4 is 31.6 Å². The Hall–Kier alpha value is -3.45. The van der Waals surface area contributed by atoms with Gasteiger partial charge in [0.15, 0.2) is 5.60 Å². The number of aliphatic hydroxyl groups is 2. The number of para-hydroxylation sites is 1. The number of hydrogen-bond acceptors (Lipinski definition) is 7. The van der Waals surface area contributed by atoms with E-state index in [1.165, 1.54) is 6.92 Å². The van der Waals surface area contributed by atoms with Gasteiger partial charge in [-0.2, -0.15) is 0 Å². The summed E-state index contributed by atoms with van der Waals surface area (Å²) in [5.74, 6) is -1.11. The van der Waals surface area contributed by atoms with Crippen LogP contribution in [0.1, 0.15) is 37.1 Å². The minimum atomic E-state index is -3.29. The third kappa shape index (κ3) is 5.51. The van der Waals surface area contributed by atoms with E-state index in [1.807, 2.05) is 43.3 Å². The lowest BCUT2D eigenvalue weighted by atomic mass is 9.82. The predicted molar refractivity (Wildman–Crippen MR) is 158 cm³/mol. The molecule has 0 aliphatic carbocycles. The minimum Gasteiger partial charge on any atom is -0.396 e. The summed E-state index contributed by atoms with van der Waals surface area (Å²) >= 11 is 0. The number of aromatic nitrogens is 3. The monoisotopic (exact) mass is 595 g/mol. The first-order valence-electron chi connectivity index (χ1n) is 14.3. The summed E-state index contributed by atoms with van der Waals surface area (Å²) in [6, 6.07) is 14.7. The number of carbonyl (C=O) groups excluding carboxylic acids is 2. The number of hydrogen-bond donors (Lipinski definition) is 3. The zero-order chi connectivity index (χ0) is 30.2. The van der Waals surface area contributed by atoms with Gasteiger partial charge in [-0.05, 0) is 50.2 Å². The van der Waals surface area contributed by atoms with E-state index in [0.717, 1.165) is 16.8 Å². The van der Waals surface area contributed by atoms with E-state index >= 15 is 4.11 Å². The van der Waals surface area contributed by atoms with E-state index in [2.05, 4.69) is 15.6 Å². The van der Waals surface area contributed by atoms with Crippen molar-refractivity contribution in [1.82, 2.24) is 15.0 Å². The molecule has 0 bridgehead atoms. The smallest absolute Gasteiger partial charge is 0.264 e. The second kappa shape index (κ2) is 11.7. The van der Waals surface area contributed by atoms with E-state index in [9.17, 15) is 19.8 Å². The highest BCUT2D eigenvalue weighted by atomic mass is 28.4. The lowest BCUT2D eigenvalue weighted by Crippen LogP contribution is -2.45. The number of nitrogens with zero attached hydrogens (tertiary/aromatic N) is 4. The van der Waals surface area contributed by atoms with Gasteiger partial charge in [-0.25, -0.2) is 0 Å². The second-order valence-corrected chi connectivity index (χ2v) is 15.6. The third-order valence-corrected chi connectivity index (χ3v) is 10.9. The highest BCUT2D eigenvalue weighted by molar-refractivity contribution is 6.72. The van der Waals surface area contributed by atoms with Gasteiger partial charge in [0, 0.05) is 48.5 Å². The summed E-state index contributed by atoms with van der Waals surface area (Å²) in [7, 11) is -3.29. The van der Waals surface area contributed by atoms with Crippen LogP contribution in [0.5, 0.6) is 0 Å². The molecule has 2 aliphatic rings. The topological polar surface area (TPSA) is 130 Å². The number of anilines is 2. The molecule has 12 heteroatoms. The van der Waals surface area contributed by atoms with Crippen molar-refractivity contribution in [2.75, 3.05) is 16.8 Å². The average molecular weight is 596 g/mol. The minimum absolute atomic E-state index is 0.0180. The van der Waals surface area contributed by atoms with Gasteiger partial charge < -0.3 is 29.3 Å². The fraction of sp³-hybridized carbons (Fsp3) is 0.467. The van der Waals surface area contributed by atoms with Gasteiger partial charge in [0.1, 0.15) is 6.10 Å². The molecule has 5 rings (SSSR count). The zero-order valence-corrected chi connectivity index (χ0v) is 25.3. The molecule has 2 amide bonds. The quantitative estimate of drug-likeness (QED) is 0.242. The Morgan fingerprint density at radius 3 is 2.60 bits per heavy atom. The normalized spacial score (nSPS) is 24.3. The van der Waals surface area contributed by atoms with Crippen molar-refractivity contribution in [3.63, 3.8) is 0 Å². The molecule has 1 saturated heterocycles. The van der Waals surface area contributed by atoms with Crippen LogP contribution in [0.15, 0.2) is 54.7 Å². The van der Waals surface area contributed by atoms with Crippen LogP contribution in [0.3, 0.4) is 0 Å². The summed E-state index contributed by atoms with van der Waals surface area (Å²) in [5.41, 5.74) is 1.82. The molecule has 2 aromatic carbocycles. The van der Waals surface area contributed by atoms with Crippen molar-refractivity contribution in [1.29, 1.82) is 0 Å². The van der Waals surface area contributed by atoms with E-state index in [0.29, 0.717) is 30.8 Å². The van der Waals surface area contributed by atoms with E-state index in [4.69, 9.17) is 4.74 Å². The van der Waals surface area contributed by atoms with Gasteiger partial charge in [-0.3, -0.25) is 14.3 Å². The maximum Gasteiger partial charge on any atom is 0.264 e. The van der Waals surface area contributed by atoms with Crippen LogP contribution in [-0.4, -0.2) is 64.2 Å².